The van der Waals surface area contributed by atoms with E-state index in [-0.39, 0.29) is 0 Å². The van der Waals surface area contributed by atoms with Crippen molar-refractivity contribution < 1.29 is 4.74 Å². The molecule has 0 saturated heterocycles. The molecule has 0 unspecified atom stereocenters. The number of tetrazole rings is 1. The molecule has 74 valence electrons. The largest absolute Gasteiger partial charge is 0.497 e. The van der Waals surface area contributed by atoms with Crippen molar-refractivity contribution in [3.63, 3.8) is 0 Å². The molecule has 5 heteroatoms. The van der Waals surface area contributed by atoms with Crippen LogP contribution in [0, 0.1) is 0 Å². The van der Waals surface area contributed by atoms with E-state index >= 15 is 0 Å². The van der Waals surface area contributed by atoms with E-state index in [2.05, 4.69) is 27.2 Å². The van der Waals surface area contributed by atoms with Gasteiger partial charge in [0.15, 0.2) is 5.82 Å². The zero-order chi connectivity index (χ0) is 10.4. The highest BCUT2D eigenvalue weighted by atomic mass is 16.5. The van der Waals surface area contributed by atoms with Crippen LogP contribution in [0.3, 0.4) is 0 Å². The summed E-state index contributed by atoms with van der Waals surface area (Å²) in [5.74, 6) is 1.33. The molecule has 1 N–H and O–H groups in total. The summed E-state index contributed by atoms with van der Waals surface area (Å²) in [5, 5.41) is 13.4. The van der Waals surface area contributed by atoms with E-state index in [1.54, 1.807) is 19.3 Å². The molecular formula is C9H12N4O. The maximum atomic E-state index is 5.00. The molecule has 0 aromatic carbocycles. The average molecular weight is 192 g/mol. The second-order valence-corrected chi connectivity index (χ2v) is 2.58. The molecule has 0 amide bonds. The third kappa shape index (κ3) is 2.55. The quantitative estimate of drug-likeness (QED) is 0.577. The molecule has 0 radical (unpaired) electrons. The average Bonchev–Trinajstić information content (AvgIpc) is 2.72. The monoisotopic (exact) mass is 192 g/mol. The van der Waals surface area contributed by atoms with Crippen molar-refractivity contribution >= 4 is 5.57 Å². The Morgan fingerprint density at radius 2 is 2.29 bits per heavy atom. The number of hydrogen-bond acceptors (Lipinski definition) is 4. The molecule has 0 aliphatic rings. The Labute approximate surface area is 82.2 Å². The molecule has 0 atom stereocenters. The molecule has 5 nitrogen and oxygen atoms in total. The van der Waals surface area contributed by atoms with Gasteiger partial charge in [0.25, 0.3) is 0 Å². The summed E-state index contributed by atoms with van der Waals surface area (Å²) in [5.41, 5.74) is 0.923. The van der Waals surface area contributed by atoms with E-state index in [1.807, 2.05) is 13.0 Å². The molecule has 0 aliphatic carbocycles. The first-order valence-electron chi connectivity index (χ1n) is 4.07. The predicted molar refractivity (Wildman–Crippen MR) is 53.1 cm³/mol. The van der Waals surface area contributed by atoms with Gasteiger partial charge in [-0.3, -0.25) is 0 Å². The minimum Gasteiger partial charge on any atom is -0.497 e. The highest BCUT2D eigenvalue weighted by Gasteiger charge is 1.97. The van der Waals surface area contributed by atoms with Gasteiger partial charge in [-0.05, 0) is 35.1 Å². The van der Waals surface area contributed by atoms with Crippen molar-refractivity contribution in [3.05, 3.63) is 36.4 Å². The van der Waals surface area contributed by atoms with E-state index in [0.29, 0.717) is 11.6 Å². The maximum absolute atomic E-state index is 5.00. The van der Waals surface area contributed by atoms with Crippen LogP contribution in [-0.4, -0.2) is 27.7 Å². The lowest BCUT2D eigenvalue weighted by molar-refractivity contribution is 0.307. The fourth-order valence-corrected chi connectivity index (χ4v) is 0.832. The molecule has 0 bridgehead atoms. The molecule has 1 heterocycles. The highest BCUT2D eigenvalue weighted by Crippen LogP contribution is 2.07. The number of H-pyrrole nitrogens is 1. The second-order valence-electron chi connectivity index (χ2n) is 2.58. The van der Waals surface area contributed by atoms with E-state index in [9.17, 15) is 0 Å². The zero-order valence-electron chi connectivity index (χ0n) is 8.19. The topological polar surface area (TPSA) is 63.7 Å². The highest BCUT2D eigenvalue weighted by molar-refractivity contribution is 5.58. The number of aromatic amines is 1. The van der Waals surface area contributed by atoms with Gasteiger partial charge in [0.05, 0.1) is 7.11 Å². The molecule has 0 fully saturated rings. The Morgan fingerprint density at radius 3 is 2.79 bits per heavy atom. The van der Waals surface area contributed by atoms with E-state index in [0.717, 1.165) is 5.57 Å². The van der Waals surface area contributed by atoms with E-state index in [1.165, 1.54) is 0 Å². The van der Waals surface area contributed by atoms with Crippen LogP contribution < -0.4 is 0 Å². The molecular weight excluding hydrogens is 180 g/mol. The van der Waals surface area contributed by atoms with E-state index < -0.39 is 0 Å². The Morgan fingerprint density at radius 1 is 1.50 bits per heavy atom. The van der Waals surface area contributed by atoms with Gasteiger partial charge in [-0.1, -0.05) is 12.7 Å². The fourth-order valence-electron chi connectivity index (χ4n) is 0.832. The Kier molecular flexibility index (Phi) is 3.60. The normalized spacial score (nSPS) is 12.7. The summed E-state index contributed by atoms with van der Waals surface area (Å²) in [6.45, 7) is 5.50. The van der Waals surface area contributed by atoms with Crippen LogP contribution in [0.5, 0.6) is 0 Å². The van der Waals surface area contributed by atoms with Gasteiger partial charge in [-0.2, -0.15) is 0 Å². The summed E-state index contributed by atoms with van der Waals surface area (Å²) in [6.07, 6.45) is 5.27. The summed E-state index contributed by atoms with van der Waals surface area (Å²) in [6, 6.07) is 0. The van der Waals surface area contributed by atoms with Crippen molar-refractivity contribution in [2.45, 2.75) is 6.92 Å². The predicted octanol–water partition coefficient (Wildman–Crippen LogP) is 1.32. The molecule has 0 saturated carbocycles. The molecule has 1 aromatic heterocycles. The molecule has 1 aromatic rings. The maximum Gasteiger partial charge on any atom is 0.175 e. The third-order valence-corrected chi connectivity index (χ3v) is 1.65. The number of aromatic nitrogens is 4. The third-order valence-electron chi connectivity index (χ3n) is 1.65. The number of ether oxygens (including phenoxy) is 1. The molecule has 1 rings (SSSR count). The van der Waals surface area contributed by atoms with Gasteiger partial charge in [-0.25, -0.2) is 5.10 Å². The Balaban J connectivity index is 2.79. The van der Waals surface area contributed by atoms with Crippen LogP contribution in [0.2, 0.25) is 0 Å². The first-order valence-corrected chi connectivity index (χ1v) is 4.07. The number of nitrogens with one attached hydrogen (secondary N) is 1. The van der Waals surface area contributed by atoms with Gasteiger partial charge < -0.3 is 4.74 Å². The second kappa shape index (κ2) is 4.96. The number of rotatable bonds is 4. The fraction of sp³-hybridized carbons (Fsp3) is 0.222. The van der Waals surface area contributed by atoms with Crippen molar-refractivity contribution in [2.24, 2.45) is 0 Å². The Bertz CT molecular complexity index is 351. The lowest BCUT2D eigenvalue weighted by Crippen LogP contribution is -1.84. The van der Waals surface area contributed by atoms with E-state index in [4.69, 9.17) is 4.74 Å². The van der Waals surface area contributed by atoms with Crippen LogP contribution in [0.1, 0.15) is 12.7 Å². The van der Waals surface area contributed by atoms with Gasteiger partial charge in [-0.15, -0.1) is 5.10 Å². The smallest absolute Gasteiger partial charge is 0.175 e. The zero-order valence-corrected chi connectivity index (χ0v) is 8.19. The molecule has 14 heavy (non-hydrogen) atoms. The minimum absolute atomic E-state index is 0.640. The van der Waals surface area contributed by atoms with Crippen molar-refractivity contribution in [3.8, 4) is 0 Å². The van der Waals surface area contributed by atoms with Crippen molar-refractivity contribution in [2.75, 3.05) is 7.11 Å². The summed E-state index contributed by atoms with van der Waals surface area (Å²) in [7, 11) is 1.59. The first kappa shape index (κ1) is 10.2. The van der Waals surface area contributed by atoms with Crippen LogP contribution in [0.15, 0.2) is 30.6 Å². The standard InChI is InChI=1S/C9H12N4O/c1-4-8(14-3)6-5-7(2)9-10-12-13-11-9/h4-6H,1H2,2-3H3,(H,10,11,12,13)/b7-5+,8-6+. The summed E-state index contributed by atoms with van der Waals surface area (Å²) in [4.78, 5) is 0. The van der Waals surface area contributed by atoms with Gasteiger partial charge in [0, 0.05) is 0 Å². The number of nitrogens with zero attached hydrogens (tertiary/aromatic N) is 3. The first-order chi connectivity index (χ1) is 6.77. The lowest BCUT2D eigenvalue weighted by atomic mass is 10.2. The molecule has 0 spiro atoms. The summed E-state index contributed by atoms with van der Waals surface area (Å²) >= 11 is 0. The van der Waals surface area contributed by atoms with Crippen molar-refractivity contribution in [1.82, 2.24) is 20.6 Å². The number of hydrogen-bond donors (Lipinski definition) is 1. The minimum atomic E-state index is 0.640. The lowest BCUT2D eigenvalue weighted by Gasteiger charge is -1.96. The van der Waals surface area contributed by atoms with Gasteiger partial charge >= 0.3 is 0 Å². The van der Waals surface area contributed by atoms with Crippen LogP contribution in [0.25, 0.3) is 5.57 Å². The van der Waals surface area contributed by atoms with Gasteiger partial charge in [0.2, 0.25) is 0 Å². The van der Waals surface area contributed by atoms with Gasteiger partial charge in [0.1, 0.15) is 5.76 Å². The van der Waals surface area contributed by atoms with Crippen LogP contribution in [-0.2, 0) is 4.74 Å². The SMILES string of the molecule is C=C/C(=C\C=C(/C)c1nnn[nH]1)OC. The van der Waals surface area contributed by atoms with Crippen molar-refractivity contribution in [1.29, 1.82) is 0 Å². The summed E-state index contributed by atoms with van der Waals surface area (Å²) < 4.78 is 5.00. The van der Waals surface area contributed by atoms with Crippen LogP contribution in [0.4, 0.5) is 0 Å². The van der Waals surface area contributed by atoms with Crippen LogP contribution >= 0.6 is 0 Å². The number of allylic oxidation sites excluding steroid dienone is 4. The Hall–Kier alpha value is -1.91. The molecule has 0 aliphatic heterocycles. The number of methoxy groups -OCH3 is 1.